The molecule has 4 nitrogen and oxygen atoms in total. The van der Waals surface area contributed by atoms with E-state index in [1.165, 1.54) is 12.1 Å². The van der Waals surface area contributed by atoms with Crippen LogP contribution in [0.15, 0.2) is 18.2 Å². The molecular formula is C8H9FN2O2S. The molecule has 0 unspecified atom stereocenters. The van der Waals surface area contributed by atoms with Gasteiger partial charge in [0.15, 0.2) is 0 Å². The highest BCUT2D eigenvalue weighted by Gasteiger charge is 2.35. The molecule has 1 fully saturated rings. The van der Waals surface area contributed by atoms with Crippen LogP contribution < -0.4 is 4.72 Å². The van der Waals surface area contributed by atoms with Gasteiger partial charge in [0.25, 0.3) is 0 Å². The first-order chi connectivity index (χ1) is 6.58. The molecule has 0 amide bonds. The van der Waals surface area contributed by atoms with Crippen LogP contribution in [0.25, 0.3) is 0 Å². The maximum Gasteiger partial charge on any atom is 0.236 e. The Hall–Kier alpha value is -1.17. The molecule has 0 spiro atoms. The normalized spacial score (nSPS) is 16.6. The summed E-state index contributed by atoms with van der Waals surface area (Å²) in [5.41, 5.74) is 0. The minimum Gasteiger partial charge on any atom is -0.267 e. The van der Waals surface area contributed by atoms with Gasteiger partial charge in [-0.3, -0.25) is 4.72 Å². The second-order valence-electron chi connectivity index (χ2n) is 3.19. The smallest absolute Gasteiger partial charge is 0.236 e. The molecule has 0 aliphatic heterocycles. The third kappa shape index (κ3) is 2.01. The van der Waals surface area contributed by atoms with Crippen LogP contribution in [-0.4, -0.2) is 18.7 Å². The van der Waals surface area contributed by atoms with Crippen LogP contribution in [0.3, 0.4) is 0 Å². The summed E-state index contributed by atoms with van der Waals surface area (Å²) in [4.78, 5) is 3.41. The lowest BCUT2D eigenvalue weighted by Crippen LogP contribution is -2.18. The Morgan fingerprint density at radius 3 is 2.71 bits per heavy atom. The molecule has 0 atom stereocenters. The summed E-state index contributed by atoms with van der Waals surface area (Å²) < 4.78 is 37.7. The van der Waals surface area contributed by atoms with Crippen molar-refractivity contribution >= 4 is 15.8 Å². The highest BCUT2D eigenvalue weighted by Crippen LogP contribution is 2.29. The zero-order valence-corrected chi connectivity index (χ0v) is 8.09. The topological polar surface area (TPSA) is 59.1 Å². The number of hydrogen-bond donors (Lipinski definition) is 1. The SMILES string of the molecule is O=S(=O)(Nc1cccc(F)n1)C1CC1. The highest BCUT2D eigenvalue weighted by molar-refractivity contribution is 7.93. The van der Waals surface area contributed by atoms with Crippen LogP contribution in [0.4, 0.5) is 10.2 Å². The summed E-state index contributed by atoms with van der Waals surface area (Å²) in [7, 11) is -3.34. The van der Waals surface area contributed by atoms with E-state index in [0.29, 0.717) is 12.8 Å². The maximum atomic E-state index is 12.6. The van der Waals surface area contributed by atoms with Gasteiger partial charge in [0.1, 0.15) is 5.82 Å². The Morgan fingerprint density at radius 2 is 2.14 bits per heavy atom. The Bertz CT molecular complexity index is 442. The fourth-order valence-corrected chi connectivity index (χ4v) is 2.40. The van der Waals surface area contributed by atoms with Crippen LogP contribution >= 0.6 is 0 Å². The fourth-order valence-electron chi connectivity index (χ4n) is 1.07. The Balaban J connectivity index is 2.18. The molecule has 76 valence electrons. The summed E-state index contributed by atoms with van der Waals surface area (Å²) in [5, 5.41) is -0.326. The minimum absolute atomic E-state index is 0.0388. The largest absolute Gasteiger partial charge is 0.267 e. The molecule has 14 heavy (non-hydrogen) atoms. The van der Waals surface area contributed by atoms with Crippen LogP contribution in [-0.2, 0) is 10.0 Å². The average Bonchev–Trinajstić information content (AvgIpc) is 2.84. The number of nitrogens with zero attached hydrogens (tertiary/aromatic N) is 1. The average molecular weight is 216 g/mol. The first-order valence-corrected chi connectivity index (χ1v) is 5.77. The van der Waals surface area contributed by atoms with E-state index in [-0.39, 0.29) is 11.1 Å². The summed E-state index contributed by atoms with van der Waals surface area (Å²) in [6, 6.07) is 3.99. The molecule has 1 N–H and O–H groups in total. The molecule has 2 rings (SSSR count). The molecular weight excluding hydrogens is 207 g/mol. The monoisotopic (exact) mass is 216 g/mol. The molecule has 1 aliphatic rings. The maximum absolute atomic E-state index is 12.6. The van der Waals surface area contributed by atoms with Gasteiger partial charge in [0.05, 0.1) is 5.25 Å². The van der Waals surface area contributed by atoms with Gasteiger partial charge in [-0.1, -0.05) is 6.07 Å². The molecule has 1 aliphatic carbocycles. The van der Waals surface area contributed by atoms with Crippen molar-refractivity contribution in [3.05, 3.63) is 24.1 Å². The molecule has 1 aromatic rings. The zero-order valence-electron chi connectivity index (χ0n) is 7.27. The minimum atomic E-state index is -3.34. The number of aromatic nitrogens is 1. The number of rotatable bonds is 3. The van der Waals surface area contributed by atoms with Gasteiger partial charge >= 0.3 is 0 Å². The van der Waals surface area contributed by atoms with E-state index < -0.39 is 16.0 Å². The third-order valence-electron chi connectivity index (χ3n) is 1.93. The van der Waals surface area contributed by atoms with Crippen LogP contribution in [0.2, 0.25) is 0 Å². The van der Waals surface area contributed by atoms with Crippen molar-refractivity contribution in [1.29, 1.82) is 0 Å². The second-order valence-corrected chi connectivity index (χ2v) is 5.15. The highest BCUT2D eigenvalue weighted by atomic mass is 32.2. The first kappa shape index (κ1) is 9.39. The van der Waals surface area contributed by atoms with E-state index in [1.54, 1.807) is 0 Å². The number of sulfonamides is 1. The van der Waals surface area contributed by atoms with E-state index in [4.69, 9.17) is 0 Å². The van der Waals surface area contributed by atoms with Crippen molar-refractivity contribution < 1.29 is 12.8 Å². The predicted octanol–water partition coefficient (Wildman–Crippen LogP) is 1.12. The third-order valence-corrected chi connectivity index (χ3v) is 3.77. The molecule has 0 bridgehead atoms. The lowest BCUT2D eigenvalue weighted by molar-refractivity contribution is 0.584. The van der Waals surface area contributed by atoms with Crippen molar-refractivity contribution in [3.8, 4) is 0 Å². The van der Waals surface area contributed by atoms with Gasteiger partial charge in [0.2, 0.25) is 16.0 Å². The summed E-state index contributed by atoms with van der Waals surface area (Å²) in [6.07, 6.45) is 1.34. The quantitative estimate of drug-likeness (QED) is 0.770. The van der Waals surface area contributed by atoms with Gasteiger partial charge in [0, 0.05) is 0 Å². The van der Waals surface area contributed by atoms with E-state index in [1.807, 2.05) is 0 Å². The predicted molar refractivity (Wildman–Crippen MR) is 49.8 cm³/mol. The lowest BCUT2D eigenvalue weighted by atomic mass is 10.5. The molecule has 0 aromatic carbocycles. The van der Waals surface area contributed by atoms with Crippen LogP contribution in [0.5, 0.6) is 0 Å². The summed E-state index contributed by atoms with van der Waals surface area (Å²) in [6.45, 7) is 0. The summed E-state index contributed by atoms with van der Waals surface area (Å²) >= 11 is 0. The van der Waals surface area contributed by atoms with Crippen LogP contribution in [0.1, 0.15) is 12.8 Å². The second kappa shape index (κ2) is 3.20. The van der Waals surface area contributed by atoms with E-state index in [2.05, 4.69) is 9.71 Å². The molecule has 1 heterocycles. The summed E-state index contributed by atoms with van der Waals surface area (Å²) in [5.74, 6) is -0.655. The number of halogens is 1. The Kier molecular flexibility index (Phi) is 2.14. The molecule has 0 saturated heterocycles. The number of pyridine rings is 1. The van der Waals surface area contributed by atoms with Gasteiger partial charge in [-0.15, -0.1) is 0 Å². The lowest BCUT2D eigenvalue weighted by Gasteiger charge is -2.04. The van der Waals surface area contributed by atoms with Gasteiger partial charge in [-0.2, -0.15) is 4.39 Å². The van der Waals surface area contributed by atoms with Gasteiger partial charge in [-0.05, 0) is 25.0 Å². The number of nitrogens with one attached hydrogen (secondary N) is 1. The van der Waals surface area contributed by atoms with E-state index >= 15 is 0 Å². The number of hydrogen-bond acceptors (Lipinski definition) is 3. The zero-order chi connectivity index (χ0) is 10.2. The first-order valence-electron chi connectivity index (χ1n) is 4.22. The van der Waals surface area contributed by atoms with E-state index in [9.17, 15) is 12.8 Å². The van der Waals surface area contributed by atoms with Crippen molar-refractivity contribution in [2.75, 3.05) is 4.72 Å². The van der Waals surface area contributed by atoms with Crippen molar-refractivity contribution in [1.82, 2.24) is 4.98 Å². The van der Waals surface area contributed by atoms with E-state index in [0.717, 1.165) is 6.07 Å². The van der Waals surface area contributed by atoms with Crippen LogP contribution in [0, 0.1) is 5.95 Å². The van der Waals surface area contributed by atoms with Gasteiger partial charge in [-0.25, -0.2) is 13.4 Å². The Labute approximate surface area is 81.2 Å². The number of anilines is 1. The Morgan fingerprint density at radius 1 is 1.43 bits per heavy atom. The molecule has 1 saturated carbocycles. The van der Waals surface area contributed by atoms with Crippen molar-refractivity contribution in [2.24, 2.45) is 0 Å². The van der Waals surface area contributed by atoms with Crippen molar-refractivity contribution in [2.45, 2.75) is 18.1 Å². The molecule has 0 radical (unpaired) electrons. The van der Waals surface area contributed by atoms with Gasteiger partial charge < -0.3 is 0 Å². The standard InChI is InChI=1S/C8H9FN2O2S/c9-7-2-1-3-8(10-7)11-14(12,13)6-4-5-6/h1-3,6H,4-5H2,(H,10,11). The molecule has 6 heteroatoms. The fraction of sp³-hybridized carbons (Fsp3) is 0.375. The van der Waals surface area contributed by atoms with Crippen molar-refractivity contribution in [3.63, 3.8) is 0 Å². The molecule has 1 aromatic heterocycles.